The largest absolute Gasteiger partial charge is 0.356 e. The summed E-state index contributed by atoms with van der Waals surface area (Å²) in [6, 6.07) is 3.56. The fraction of sp³-hybridized carbons (Fsp3) is 0.364. The van der Waals surface area contributed by atoms with Gasteiger partial charge in [-0.3, -0.25) is 4.99 Å². The molecule has 1 aliphatic heterocycles. The molecule has 0 atom stereocenters. The zero-order valence-electron chi connectivity index (χ0n) is 8.76. The Labute approximate surface area is 92.6 Å². The van der Waals surface area contributed by atoms with E-state index in [4.69, 9.17) is 0 Å². The Morgan fingerprint density at radius 2 is 2.25 bits per heavy atom. The fourth-order valence-corrected chi connectivity index (χ4v) is 1.50. The number of aliphatic imine (C=N–C) groups is 1. The van der Waals surface area contributed by atoms with Gasteiger partial charge in [0.25, 0.3) is 0 Å². The quantitative estimate of drug-likeness (QED) is 0.798. The normalized spacial score (nSPS) is 15.2. The van der Waals surface area contributed by atoms with Crippen LogP contribution in [0.15, 0.2) is 23.2 Å². The first-order valence-electron chi connectivity index (χ1n) is 5.22. The predicted molar refractivity (Wildman–Crippen MR) is 58.1 cm³/mol. The summed E-state index contributed by atoms with van der Waals surface area (Å²) < 4.78 is 25.9. The molecular weight excluding hydrogens is 212 g/mol. The molecule has 0 unspecified atom stereocenters. The number of hydrogen-bond donors (Lipinski definition) is 2. The van der Waals surface area contributed by atoms with Crippen LogP contribution in [0.1, 0.15) is 12.0 Å². The van der Waals surface area contributed by atoms with Crippen molar-refractivity contribution >= 4 is 5.96 Å². The number of guanidine groups is 1. The molecule has 2 rings (SSSR count). The second kappa shape index (κ2) is 4.92. The van der Waals surface area contributed by atoms with Gasteiger partial charge in [0.2, 0.25) is 0 Å². The van der Waals surface area contributed by atoms with Crippen LogP contribution in [0, 0.1) is 11.6 Å². The van der Waals surface area contributed by atoms with E-state index < -0.39 is 11.6 Å². The van der Waals surface area contributed by atoms with Crippen LogP contribution in [-0.2, 0) is 6.54 Å². The average molecular weight is 225 g/mol. The molecule has 0 saturated carbocycles. The second-order valence-corrected chi connectivity index (χ2v) is 3.60. The summed E-state index contributed by atoms with van der Waals surface area (Å²) in [6.45, 7) is 1.96. The summed E-state index contributed by atoms with van der Waals surface area (Å²) in [4.78, 5) is 4.19. The molecule has 0 bridgehead atoms. The maximum Gasteiger partial charge on any atom is 0.191 e. The molecule has 16 heavy (non-hydrogen) atoms. The maximum atomic E-state index is 13.3. The van der Waals surface area contributed by atoms with Gasteiger partial charge in [0, 0.05) is 31.3 Å². The molecule has 2 N–H and O–H groups in total. The lowest BCUT2D eigenvalue weighted by Crippen LogP contribution is -2.40. The van der Waals surface area contributed by atoms with Crippen molar-refractivity contribution in [2.75, 3.05) is 13.1 Å². The van der Waals surface area contributed by atoms with Crippen LogP contribution in [0.4, 0.5) is 8.78 Å². The summed E-state index contributed by atoms with van der Waals surface area (Å²) in [5, 5.41) is 6.04. The minimum absolute atomic E-state index is 0.304. The van der Waals surface area contributed by atoms with Crippen LogP contribution in [-0.4, -0.2) is 19.0 Å². The molecule has 0 aliphatic carbocycles. The molecule has 1 aromatic rings. The van der Waals surface area contributed by atoms with E-state index in [-0.39, 0.29) is 0 Å². The lowest BCUT2D eigenvalue weighted by molar-refractivity contribution is 0.568. The van der Waals surface area contributed by atoms with Crippen molar-refractivity contribution in [1.82, 2.24) is 10.6 Å². The Morgan fingerprint density at radius 3 is 2.94 bits per heavy atom. The Morgan fingerprint density at radius 1 is 1.38 bits per heavy atom. The zero-order chi connectivity index (χ0) is 11.4. The highest BCUT2D eigenvalue weighted by atomic mass is 19.1. The standard InChI is InChI=1S/C11H13F2N3/c12-9-3-2-8(10(13)6-9)7-16-11-14-4-1-5-15-11/h2-3,6H,1,4-5,7H2,(H2,14,15,16). The van der Waals surface area contributed by atoms with Gasteiger partial charge in [-0.25, -0.2) is 8.78 Å². The van der Waals surface area contributed by atoms with Gasteiger partial charge in [-0.1, -0.05) is 6.07 Å². The van der Waals surface area contributed by atoms with Crippen molar-refractivity contribution in [2.24, 2.45) is 4.99 Å². The Balaban J connectivity index is 1.96. The smallest absolute Gasteiger partial charge is 0.191 e. The van der Waals surface area contributed by atoms with Crippen molar-refractivity contribution in [3.63, 3.8) is 0 Å². The topological polar surface area (TPSA) is 36.4 Å². The minimum atomic E-state index is -0.561. The molecule has 0 fully saturated rings. The number of nitrogens with zero attached hydrogens (tertiary/aromatic N) is 1. The Hall–Kier alpha value is -1.65. The van der Waals surface area contributed by atoms with Gasteiger partial charge in [-0.15, -0.1) is 0 Å². The molecule has 1 heterocycles. The van der Waals surface area contributed by atoms with Crippen LogP contribution in [0.2, 0.25) is 0 Å². The number of rotatable bonds is 2. The minimum Gasteiger partial charge on any atom is -0.356 e. The van der Waals surface area contributed by atoms with E-state index in [0.717, 1.165) is 25.6 Å². The van der Waals surface area contributed by atoms with Crippen molar-refractivity contribution in [3.8, 4) is 0 Å². The molecule has 86 valence electrons. The number of halogens is 2. The van der Waals surface area contributed by atoms with Gasteiger partial charge in [0.05, 0.1) is 0 Å². The SMILES string of the molecule is Fc1ccc(CNC2=NCCCN2)c(F)c1. The third-order valence-electron chi connectivity index (χ3n) is 2.36. The monoisotopic (exact) mass is 225 g/mol. The van der Waals surface area contributed by atoms with Crippen molar-refractivity contribution < 1.29 is 8.78 Å². The van der Waals surface area contributed by atoms with Gasteiger partial charge in [0.1, 0.15) is 11.6 Å². The van der Waals surface area contributed by atoms with E-state index in [2.05, 4.69) is 15.6 Å². The van der Waals surface area contributed by atoms with Gasteiger partial charge < -0.3 is 10.6 Å². The molecule has 3 nitrogen and oxygen atoms in total. The molecule has 5 heteroatoms. The molecule has 0 radical (unpaired) electrons. The second-order valence-electron chi connectivity index (χ2n) is 3.60. The van der Waals surface area contributed by atoms with Crippen LogP contribution in [0.5, 0.6) is 0 Å². The third kappa shape index (κ3) is 2.68. The lowest BCUT2D eigenvalue weighted by Gasteiger charge is -2.16. The predicted octanol–water partition coefficient (Wildman–Crippen LogP) is 1.40. The van der Waals surface area contributed by atoms with Gasteiger partial charge in [-0.05, 0) is 12.5 Å². The Kier molecular flexibility index (Phi) is 3.34. The molecule has 0 spiro atoms. The number of hydrogen-bond acceptors (Lipinski definition) is 3. The number of nitrogens with one attached hydrogen (secondary N) is 2. The highest BCUT2D eigenvalue weighted by molar-refractivity contribution is 5.80. The molecule has 1 aromatic carbocycles. The summed E-state index contributed by atoms with van der Waals surface area (Å²) >= 11 is 0. The van der Waals surface area contributed by atoms with Crippen LogP contribution >= 0.6 is 0 Å². The van der Waals surface area contributed by atoms with Crippen molar-refractivity contribution in [1.29, 1.82) is 0 Å². The van der Waals surface area contributed by atoms with Crippen LogP contribution in [0.3, 0.4) is 0 Å². The van der Waals surface area contributed by atoms with E-state index in [1.807, 2.05) is 0 Å². The van der Waals surface area contributed by atoms with E-state index >= 15 is 0 Å². The highest BCUT2D eigenvalue weighted by Crippen LogP contribution is 2.08. The van der Waals surface area contributed by atoms with Gasteiger partial charge in [-0.2, -0.15) is 0 Å². The van der Waals surface area contributed by atoms with E-state index in [1.54, 1.807) is 0 Å². The summed E-state index contributed by atoms with van der Waals surface area (Å²) in [7, 11) is 0. The first-order valence-corrected chi connectivity index (χ1v) is 5.22. The molecule has 0 amide bonds. The third-order valence-corrected chi connectivity index (χ3v) is 2.36. The first-order chi connectivity index (χ1) is 7.75. The van der Waals surface area contributed by atoms with E-state index in [1.165, 1.54) is 12.1 Å². The molecule has 1 aliphatic rings. The molecular formula is C11H13F2N3. The lowest BCUT2D eigenvalue weighted by atomic mass is 10.2. The molecule has 0 saturated heterocycles. The van der Waals surface area contributed by atoms with Crippen molar-refractivity contribution in [3.05, 3.63) is 35.4 Å². The maximum absolute atomic E-state index is 13.3. The summed E-state index contributed by atoms with van der Waals surface area (Å²) in [6.07, 6.45) is 1.01. The van der Waals surface area contributed by atoms with E-state index in [0.29, 0.717) is 18.1 Å². The molecule has 0 aromatic heterocycles. The van der Waals surface area contributed by atoms with Crippen LogP contribution < -0.4 is 10.6 Å². The summed E-state index contributed by atoms with van der Waals surface area (Å²) in [5.41, 5.74) is 0.427. The summed E-state index contributed by atoms with van der Waals surface area (Å²) in [5.74, 6) is -0.423. The first kappa shape index (κ1) is 10.9. The van der Waals surface area contributed by atoms with Gasteiger partial charge in [0.15, 0.2) is 5.96 Å². The Bertz CT molecular complexity index is 404. The highest BCUT2D eigenvalue weighted by Gasteiger charge is 2.06. The average Bonchev–Trinajstić information content (AvgIpc) is 2.29. The fourth-order valence-electron chi connectivity index (χ4n) is 1.50. The number of benzene rings is 1. The van der Waals surface area contributed by atoms with Crippen molar-refractivity contribution in [2.45, 2.75) is 13.0 Å². The zero-order valence-corrected chi connectivity index (χ0v) is 8.76. The van der Waals surface area contributed by atoms with Crippen LogP contribution in [0.25, 0.3) is 0 Å². The van der Waals surface area contributed by atoms with Gasteiger partial charge >= 0.3 is 0 Å². The van der Waals surface area contributed by atoms with E-state index in [9.17, 15) is 8.78 Å².